The van der Waals surface area contributed by atoms with Gasteiger partial charge in [0.25, 0.3) is 6.01 Å². The molecule has 0 aliphatic carbocycles. The number of H-pyrrole nitrogens is 1. The van der Waals surface area contributed by atoms with E-state index in [1.165, 1.54) is 31.4 Å². The Morgan fingerprint density at radius 2 is 2.32 bits per heavy atom. The summed E-state index contributed by atoms with van der Waals surface area (Å²) in [6.07, 6.45) is 4.76. The van der Waals surface area contributed by atoms with Crippen molar-refractivity contribution in [2.45, 2.75) is 31.7 Å². The molecule has 0 radical (unpaired) electrons. The quantitative estimate of drug-likeness (QED) is 0.891. The van der Waals surface area contributed by atoms with E-state index in [9.17, 15) is 4.39 Å². The summed E-state index contributed by atoms with van der Waals surface area (Å²) >= 11 is 0. The van der Waals surface area contributed by atoms with E-state index in [2.05, 4.69) is 15.3 Å². The van der Waals surface area contributed by atoms with Gasteiger partial charge in [0.2, 0.25) is 0 Å². The molecule has 102 valence electrons. The standard InChI is InChI=1S/C14H18FN3O/c15-10-4-5-12-13(9-10)18-14(17-12)19-8-6-11-3-1-2-7-16-11/h4-5,9,11,16H,1-3,6-8H2,(H,17,18). The Hall–Kier alpha value is -1.62. The van der Waals surface area contributed by atoms with Crippen molar-refractivity contribution in [3.63, 3.8) is 0 Å². The first kappa shape index (κ1) is 12.4. The number of piperidine rings is 1. The zero-order valence-electron chi connectivity index (χ0n) is 10.8. The second-order valence-electron chi connectivity index (χ2n) is 4.99. The summed E-state index contributed by atoms with van der Waals surface area (Å²) in [5.74, 6) is -0.269. The molecule has 0 amide bonds. The van der Waals surface area contributed by atoms with Crippen molar-refractivity contribution in [2.75, 3.05) is 13.2 Å². The van der Waals surface area contributed by atoms with Gasteiger partial charge >= 0.3 is 0 Å². The van der Waals surface area contributed by atoms with E-state index >= 15 is 0 Å². The Balaban J connectivity index is 1.56. The average molecular weight is 263 g/mol. The van der Waals surface area contributed by atoms with Crippen LogP contribution >= 0.6 is 0 Å². The number of nitrogens with one attached hydrogen (secondary N) is 2. The first-order chi connectivity index (χ1) is 9.31. The minimum atomic E-state index is -0.269. The highest BCUT2D eigenvalue weighted by molar-refractivity contribution is 5.75. The highest BCUT2D eigenvalue weighted by Crippen LogP contribution is 2.17. The van der Waals surface area contributed by atoms with Crippen LogP contribution < -0.4 is 10.1 Å². The molecule has 1 aromatic heterocycles. The molecule has 2 aromatic rings. The lowest BCUT2D eigenvalue weighted by Gasteiger charge is -2.22. The number of benzene rings is 1. The van der Waals surface area contributed by atoms with Crippen LogP contribution in [0.25, 0.3) is 11.0 Å². The van der Waals surface area contributed by atoms with Crippen LogP contribution in [0.15, 0.2) is 18.2 Å². The zero-order valence-corrected chi connectivity index (χ0v) is 10.8. The second-order valence-corrected chi connectivity index (χ2v) is 4.99. The molecule has 1 aromatic carbocycles. The first-order valence-corrected chi connectivity index (χ1v) is 6.83. The van der Waals surface area contributed by atoms with Crippen LogP contribution in [0.3, 0.4) is 0 Å². The van der Waals surface area contributed by atoms with E-state index in [1.54, 1.807) is 6.07 Å². The number of hydrogen-bond acceptors (Lipinski definition) is 3. The number of halogens is 1. The molecule has 19 heavy (non-hydrogen) atoms. The minimum Gasteiger partial charge on any atom is -0.465 e. The number of aromatic nitrogens is 2. The smallest absolute Gasteiger partial charge is 0.294 e. The van der Waals surface area contributed by atoms with Gasteiger partial charge < -0.3 is 15.0 Å². The Morgan fingerprint density at radius 3 is 3.16 bits per heavy atom. The Labute approximate surface area is 111 Å². The molecule has 0 spiro atoms. The van der Waals surface area contributed by atoms with Crippen LogP contribution in [-0.2, 0) is 0 Å². The van der Waals surface area contributed by atoms with Crippen LogP contribution in [0.1, 0.15) is 25.7 Å². The summed E-state index contributed by atoms with van der Waals surface area (Å²) < 4.78 is 18.6. The molecule has 4 nitrogen and oxygen atoms in total. The monoisotopic (exact) mass is 263 g/mol. The van der Waals surface area contributed by atoms with Crippen molar-refractivity contribution in [1.82, 2.24) is 15.3 Å². The largest absolute Gasteiger partial charge is 0.465 e. The molecular formula is C14H18FN3O. The maximum atomic E-state index is 13.0. The van der Waals surface area contributed by atoms with Gasteiger partial charge in [-0.3, -0.25) is 0 Å². The van der Waals surface area contributed by atoms with Gasteiger partial charge in [0, 0.05) is 6.04 Å². The molecule has 2 N–H and O–H groups in total. The third-order valence-electron chi connectivity index (χ3n) is 3.54. The van der Waals surface area contributed by atoms with Gasteiger partial charge in [0.05, 0.1) is 17.6 Å². The van der Waals surface area contributed by atoms with Crippen molar-refractivity contribution in [1.29, 1.82) is 0 Å². The lowest BCUT2D eigenvalue weighted by atomic mass is 10.0. The van der Waals surface area contributed by atoms with Gasteiger partial charge in [-0.2, -0.15) is 4.98 Å². The fourth-order valence-corrected chi connectivity index (χ4v) is 2.50. The lowest BCUT2D eigenvalue weighted by molar-refractivity contribution is 0.255. The number of ether oxygens (including phenoxy) is 1. The predicted molar refractivity (Wildman–Crippen MR) is 71.8 cm³/mol. The third-order valence-corrected chi connectivity index (χ3v) is 3.54. The molecule has 1 fully saturated rings. The molecule has 0 bridgehead atoms. The molecule has 2 heterocycles. The first-order valence-electron chi connectivity index (χ1n) is 6.83. The van der Waals surface area contributed by atoms with Crippen LogP contribution in [0.4, 0.5) is 4.39 Å². The molecule has 1 aliphatic rings. The number of aromatic amines is 1. The van der Waals surface area contributed by atoms with Gasteiger partial charge in [-0.25, -0.2) is 4.39 Å². The van der Waals surface area contributed by atoms with Gasteiger partial charge in [-0.1, -0.05) is 6.42 Å². The lowest BCUT2D eigenvalue weighted by Crippen LogP contribution is -2.35. The molecule has 1 saturated heterocycles. The van der Waals surface area contributed by atoms with Crippen molar-refractivity contribution in [3.8, 4) is 6.01 Å². The summed E-state index contributed by atoms with van der Waals surface area (Å²) in [5.41, 5.74) is 1.40. The molecule has 0 saturated carbocycles. The van der Waals surface area contributed by atoms with Gasteiger partial charge in [0.1, 0.15) is 5.82 Å². The molecule has 1 aliphatic heterocycles. The number of fused-ring (bicyclic) bond motifs is 1. The number of imidazole rings is 1. The highest BCUT2D eigenvalue weighted by Gasteiger charge is 2.12. The van der Waals surface area contributed by atoms with Crippen molar-refractivity contribution in [3.05, 3.63) is 24.0 Å². The SMILES string of the molecule is Fc1ccc2nc(OCCC3CCCCN3)[nH]c2c1. The van der Waals surface area contributed by atoms with Crippen LogP contribution in [0.2, 0.25) is 0 Å². The number of nitrogens with zero attached hydrogens (tertiary/aromatic N) is 1. The Morgan fingerprint density at radius 1 is 1.37 bits per heavy atom. The predicted octanol–water partition coefficient (Wildman–Crippen LogP) is 2.61. The summed E-state index contributed by atoms with van der Waals surface area (Å²) in [4.78, 5) is 7.25. The van der Waals surface area contributed by atoms with E-state index < -0.39 is 0 Å². The molecule has 5 heteroatoms. The van der Waals surface area contributed by atoms with E-state index in [4.69, 9.17) is 4.74 Å². The van der Waals surface area contributed by atoms with E-state index in [0.29, 0.717) is 24.2 Å². The van der Waals surface area contributed by atoms with Crippen LogP contribution in [0, 0.1) is 5.82 Å². The van der Waals surface area contributed by atoms with E-state index in [-0.39, 0.29) is 5.82 Å². The number of rotatable bonds is 4. The van der Waals surface area contributed by atoms with Gasteiger partial charge in [-0.05, 0) is 44.0 Å². The molecular weight excluding hydrogens is 245 g/mol. The maximum Gasteiger partial charge on any atom is 0.294 e. The van der Waals surface area contributed by atoms with Crippen molar-refractivity contribution < 1.29 is 9.13 Å². The third kappa shape index (κ3) is 3.04. The zero-order chi connectivity index (χ0) is 13.1. The fraction of sp³-hybridized carbons (Fsp3) is 0.500. The summed E-state index contributed by atoms with van der Waals surface area (Å²) in [5, 5.41) is 3.48. The Bertz CT molecular complexity index is 549. The second kappa shape index (κ2) is 5.57. The van der Waals surface area contributed by atoms with Crippen molar-refractivity contribution >= 4 is 11.0 Å². The van der Waals surface area contributed by atoms with Gasteiger partial charge in [0.15, 0.2) is 0 Å². The minimum absolute atomic E-state index is 0.269. The van der Waals surface area contributed by atoms with Crippen molar-refractivity contribution in [2.24, 2.45) is 0 Å². The summed E-state index contributed by atoms with van der Waals surface area (Å²) in [6.45, 7) is 1.73. The Kier molecular flexibility index (Phi) is 3.64. The molecule has 3 rings (SSSR count). The summed E-state index contributed by atoms with van der Waals surface area (Å²) in [6, 6.07) is 5.50. The topological polar surface area (TPSA) is 49.9 Å². The number of hydrogen-bond donors (Lipinski definition) is 2. The van der Waals surface area contributed by atoms with E-state index in [0.717, 1.165) is 18.5 Å². The maximum absolute atomic E-state index is 13.0. The normalized spacial score (nSPS) is 19.7. The van der Waals surface area contributed by atoms with Crippen LogP contribution in [-0.4, -0.2) is 29.2 Å². The molecule has 1 atom stereocenters. The fourth-order valence-electron chi connectivity index (χ4n) is 2.50. The van der Waals surface area contributed by atoms with E-state index in [1.807, 2.05) is 0 Å². The average Bonchev–Trinajstić information content (AvgIpc) is 2.82. The molecule has 1 unspecified atom stereocenters. The highest BCUT2D eigenvalue weighted by atomic mass is 19.1. The van der Waals surface area contributed by atoms with Gasteiger partial charge in [-0.15, -0.1) is 0 Å². The summed E-state index contributed by atoms with van der Waals surface area (Å²) in [7, 11) is 0. The van der Waals surface area contributed by atoms with Crippen LogP contribution in [0.5, 0.6) is 6.01 Å².